The van der Waals surface area contributed by atoms with Gasteiger partial charge in [0.2, 0.25) is 0 Å². The molecular weight excluding hydrogens is 656 g/mol. The Morgan fingerprint density at radius 3 is 1.36 bits per heavy atom. The van der Waals surface area contributed by atoms with Gasteiger partial charge in [-0.15, -0.1) is 0 Å². The maximum absolute atomic E-state index is 10.9. The fraction of sp³-hybridized carbons (Fsp3) is 0.150. The zero-order chi connectivity index (χ0) is 32.2. The number of ether oxygens (including phenoxy) is 4. The Balaban J connectivity index is 1.09. The zero-order valence-corrected chi connectivity index (χ0v) is 27.1. The molecule has 0 amide bonds. The second-order valence-corrected chi connectivity index (χ2v) is 12.3. The number of aliphatic hydroxyl groups excluding tert-OH is 2. The van der Waals surface area contributed by atoms with Crippen LogP contribution in [0.15, 0.2) is 132 Å². The van der Waals surface area contributed by atoms with Crippen LogP contribution in [0.2, 0.25) is 0 Å². The van der Waals surface area contributed by atoms with E-state index in [1.54, 1.807) is 0 Å². The van der Waals surface area contributed by atoms with Gasteiger partial charge in [0.1, 0.15) is 61.6 Å². The van der Waals surface area contributed by atoms with Crippen LogP contribution in [0.3, 0.4) is 0 Å². The normalized spacial score (nSPS) is 12.7. The molecule has 0 fully saturated rings. The Hall–Kier alpha value is -4.82. The van der Waals surface area contributed by atoms with Crippen LogP contribution in [-0.2, 0) is 0 Å². The summed E-state index contributed by atoms with van der Waals surface area (Å²) in [7, 11) is 0. The Morgan fingerprint density at radius 1 is 0.426 bits per heavy atom. The monoisotopic (exact) mass is 688 g/mol. The van der Waals surface area contributed by atoms with E-state index >= 15 is 0 Å². The minimum absolute atomic E-state index is 0.0286. The predicted molar refractivity (Wildman–Crippen MR) is 191 cm³/mol. The molecule has 236 valence electrons. The lowest BCUT2D eigenvalue weighted by molar-refractivity contribution is 0.0634. The van der Waals surface area contributed by atoms with Crippen molar-refractivity contribution < 1.29 is 29.2 Å². The summed E-state index contributed by atoms with van der Waals surface area (Å²) in [6, 6.07) is 41.4. The summed E-state index contributed by atoms with van der Waals surface area (Å²) < 4.78 is 25.6. The third kappa shape index (κ3) is 6.69. The van der Waals surface area contributed by atoms with Crippen molar-refractivity contribution >= 4 is 59.0 Å². The van der Waals surface area contributed by atoms with Gasteiger partial charge in [-0.25, -0.2) is 0 Å². The van der Waals surface area contributed by atoms with Crippen LogP contribution in [0.1, 0.15) is 0 Å². The Bertz CT molecular complexity index is 2170. The topological polar surface area (TPSA) is 77.4 Å². The largest absolute Gasteiger partial charge is 0.490 e. The van der Waals surface area contributed by atoms with E-state index in [-0.39, 0.29) is 26.4 Å². The minimum atomic E-state index is -0.872. The molecule has 2 N–H and O–H groups in total. The van der Waals surface area contributed by atoms with Crippen LogP contribution < -0.4 is 18.9 Å². The maximum atomic E-state index is 10.9. The molecular formula is C40H33BrO6. The predicted octanol–water partition coefficient (Wildman–Crippen LogP) is 8.70. The first-order valence-corrected chi connectivity index (χ1v) is 16.3. The van der Waals surface area contributed by atoms with Crippen molar-refractivity contribution in [1.82, 2.24) is 0 Å². The summed E-state index contributed by atoms with van der Waals surface area (Å²) in [6.45, 7) is 0.216. The molecule has 7 rings (SSSR count). The van der Waals surface area contributed by atoms with Crippen molar-refractivity contribution in [2.45, 2.75) is 12.2 Å². The quantitative estimate of drug-likeness (QED) is 0.125. The number of fused-ring (bicyclic) bond motifs is 4. The van der Waals surface area contributed by atoms with Gasteiger partial charge < -0.3 is 29.2 Å². The molecule has 0 heterocycles. The standard InChI is InChI=1S/C40H33BrO6/c41-28-19-20-35-36(21-28)40(47-25-30(43)23-45-38-18-8-12-27-10-2-4-14-32(27)38)34-16-6-5-15-33(34)39(35)46-24-29(42)22-44-37-17-7-11-26-9-1-3-13-31(26)37/h1-21,29-30,42-43H,22-25H2. The summed E-state index contributed by atoms with van der Waals surface area (Å²) in [5.41, 5.74) is 0. The van der Waals surface area contributed by atoms with E-state index in [0.29, 0.717) is 23.0 Å². The molecule has 0 aliphatic rings. The summed E-state index contributed by atoms with van der Waals surface area (Å²) >= 11 is 3.61. The highest BCUT2D eigenvalue weighted by atomic mass is 79.9. The molecule has 47 heavy (non-hydrogen) atoms. The van der Waals surface area contributed by atoms with Crippen LogP contribution in [0.4, 0.5) is 0 Å². The van der Waals surface area contributed by atoms with Gasteiger partial charge in [-0.05, 0) is 41.1 Å². The van der Waals surface area contributed by atoms with Crippen LogP contribution in [0.5, 0.6) is 23.0 Å². The van der Waals surface area contributed by atoms with Gasteiger partial charge in [0.15, 0.2) is 0 Å². The molecule has 0 aromatic heterocycles. The van der Waals surface area contributed by atoms with Crippen molar-refractivity contribution in [3.63, 3.8) is 0 Å². The Kier molecular flexibility index (Phi) is 9.11. The van der Waals surface area contributed by atoms with Gasteiger partial charge in [0, 0.05) is 36.8 Å². The molecule has 0 radical (unpaired) electrons. The second-order valence-electron chi connectivity index (χ2n) is 11.4. The fourth-order valence-corrected chi connectivity index (χ4v) is 6.21. The smallest absolute Gasteiger partial charge is 0.135 e. The van der Waals surface area contributed by atoms with Crippen LogP contribution in [-0.4, -0.2) is 48.8 Å². The number of hydrogen-bond donors (Lipinski definition) is 2. The lowest BCUT2D eigenvalue weighted by Gasteiger charge is -2.21. The van der Waals surface area contributed by atoms with Crippen molar-refractivity contribution in [3.8, 4) is 23.0 Å². The zero-order valence-electron chi connectivity index (χ0n) is 25.5. The molecule has 2 atom stereocenters. The average Bonchev–Trinajstić information content (AvgIpc) is 3.11. The van der Waals surface area contributed by atoms with Crippen molar-refractivity contribution in [1.29, 1.82) is 0 Å². The van der Waals surface area contributed by atoms with Gasteiger partial charge in [-0.3, -0.25) is 0 Å². The summed E-state index contributed by atoms with van der Waals surface area (Å²) in [5.74, 6) is 2.70. The van der Waals surface area contributed by atoms with Gasteiger partial charge in [0.25, 0.3) is 0 Å². The molecule has 7 heteroatoms. The van der Waals surface area contributed by atoms with Crippen molar-refractivity contribution in [2.75, 3.05) is 26.4 Å². The lowest BCUT2D eigenvalue weighted by Crippen LogP contribution is -2.25. The molecule has 0 aliphatic heterocycles. The van der Waals surface area contributed by atoms with Gasteiger partial charge >= 0.3 is 0 Å². The van der Waals surface area contributed by atoms with Crippen LogP contribution in [0, 0.1) is 0 Å². The first-order chi connectivity index (χ1) is 23.0. The minimum Gasteiger partial charge on any atom is -0.490 e. The highest BCUT2D eigenvalue weighted by Gasteiger charge is 2.19. The fourth-order valence-electron chi connectivity index (χ4n) is 5.85. The summed E-state index contributed by atoms with van der Waals surface area (Å²) in [4.78, 5) is 0. The van der Waals surface area contributed by atoms with Gasteiger partial charge in [0.05, 0.1) is 0 Å². The number of benzene rings is 7. The van der Waals surface area contributed by atoms with E-state index in [1.165, 1.54) is 0 Å². The van der Waals surface area contributed by atoms with E-state index in [0.717, 1.165) is 47.6 Å². The van der Waals surface area contributed by atoms with Crippen molar-refractivity contribution in [2.24, 2.45) is 0 Å². The Labute approximate surface area is 280 Å². The molecule has 0 spiro atoms. The van der Waals surface area contributed by atoms with Crippen LogP contribution >= 0.6 is 15.9 Å². The lowest BCUT2D eigenvalue weighted by atomic mass is 10.0. The molecule has 0 bridgehead atoms. The third-order valence-corrected chi connectivity index (χ3v) is 8.58. The molecule has 0 aliphatic carbocycles. The summed E-state index contributed by atoms with van der Waals surface area (Å²) in [6.07, 6.45) is -1.74. The molecule has 0 saturated heterocycles. The molecule has 7 aromatic rings. The number of hydrogen-bond acceptors (Lipinski definition) is 6. The van der Waals surface area contributed by atoms with E-state index in [2.05, 4.69) is 15.9 Å². The van der Waals surface area contributed by atoms with E-state index in [4.69, 9.17) is 18.9 Å². The van der Waals surface area contributed by atoms with E-state index in [1.807, 2.05) is 127 Å². The highest BCUT2D eigenvalue weighted by Crippen LogP contribution is 2.44. The SMILES string of the molecule is OC(COc1cccc2ccccc12)COc1c2ccccc2c(OCC(O)COc2cccc3ccccc23)c2cc(Br)ccc12. The number of aliphatic hydroxyl groups is 2. The van der Waals surface area contributed by atoms with Crippen LogP contribution in [0.25, 0.3) is 43.1 Å². The second kappa shape index (κ2) is 13.9. The Morgan fingerprint density at radius 2 is 0.830 bits per heavy atom. The molecule has 7 aromatic carbocycles. The van der Waals surface area contributed by atoms with E-state index < -0.39 is 12.2 Å². The first-order valence-electron chi connectivity index (χ1n) is 15.5. The van der Waals surface area contributed by atoms with E-state index in [9.17, 15) is 10.2 Å². The molecule has 2 unspecified atom stereocenters. The molecule has 0 saturated carbocycles. The maximum Gasteiger partial charge on any atom is 0.135 e. The summed E-state index contributed by atoms with van der Waals surface area (Å²) in [5, 5.41) is 29.3. The van der Waals surface area contributed by atoms with Crippen molar-refractivity contribution in [3.05, 3.63) is 132 Å². The number of rotatable bonds is 12. The molecule has 6 nitrogen and oxygen atoms in total. The average molecular weight is 690 g/mol. The number of halogens is 1. The third-order valence-electron chi connectivity index (χ3n) is 8.09. The van der Waals surface area contributed by atoms with Gasteiger partial charge in [-0.1, -0.05) is 113 Å². The highest BCUT2D eigenvalue weighted by molar-refractivity contribution is 9.10. The first kappa shape index (κ1) is 30.8. The van der Waals surface area contributed by atoms with Gasteiger partial charge in [-0.2, -0.15) is 0 Å².